The molecular weight excluding hydrogens is 446 g/mol. The van der Waals surface area contributed by atoms with Crippen LogP contribution in [0, 0.1) is 0 Å². The molecule has 184 valence electrons. The standard InChI is InChI=1S/C31H33N3O2/c1-24(35)32-16-18-33(19-17-32)31(36)21-27(20-25-10-4-2-5-11-25)29-23-34(22-26-12-6-3-7-13-26)30-15-9-8-14-28(29)30/h2-15,23,27H,16-22H2,1H3. The molecule has 5 rings (SSSR count). The molecule has 5 heteroatoms. The van der Waals surface area contributed by atoms with Gasteiger partial charge in [-0.05, 0) is 35.1 Å². The van der Waals surface area contributed by atoms with Gasteiger partial charge in [0.25, 0.3) is 0 Å². The molecule has 1 atom stereocenters. The van der Waals surface area contributed by atoms with Crippen LogP contribution in [0.3, 0.4) is 0 Å². The number of carbonyl (C=O) groups is 2. The number of nitrogens with zero attached hydrogens (tertiary/aromatic N) is 3. The number of fused-ring (bicyclic) bond motifs is 1. The third-order valence-corrected chi connectivity index (χ3v) is 7.28. The van der Waals surface area contributed by atoms with E-state index in [1.807, 2.05) is 21.9 Å². The fraction of sp³-hybridized carbons (Fsp3) is 0.290. The van der Waals surface area contributed by atoms with E-state index in [4.69, 9.17) is 0 Å². The van der Waals surface area contributed by atoms with Crippen LogP contribution in [-0.2, 0) is 22.6 Å². The van der Waals surface area contributed by atoms with Crippen molar-refractivity contribution in [3.8, 4) is 0 Å². The normalized spacial score (nSPS) is 14.7. The van der Waals surface area contributed by atoms with Gasteiger partial charge in [0.15, 0.2) is 0 Å². The molecule has 0 spiro atoms. The lowest BCUT2D eigenvalue weighted by Crippen LogP contribution is -2.50. The molecule has 2 amide bonds. The van der Waals surface area contributed by atoms with Crippen molar-refractivity contribution >= 4 is 22.7 Å². The zero-order valence-corrected chi connectivity index (χ0v) is 20.8. The number of carbonyl (C=O) groups excluding carboxylic acids is 2. The van der Waals surface area contributed by atoms with Crippen LogP contribution in [0.2, 0.25) is 0 Å². The smallest absolute Gasteiger partial charge is 0.223 e. The topological polar surface area (TPSA) is 45.6 Å². The Bertz CT molecular complexity index is 1320. The Morgan fingerprint density at radius 2 is 1.33 bits per heavy atom. The molecule has 0 N–H and O–H groups in total. The molecule has 0 bridgehead atoms. The first-order chi connectivity index (χ1) is 17.6. The Labute approximate surface area is 212 Å². The Balaban J connectivity index is 1.45. The first-order valence-electron chi connectivity index (χ1n) is 12.8. The van der Waals surface area contributed by atoms with E-state index in [9.17, 15) is 9.59 Å². The lowest BCUT2D eigenvalue weighted by atomic mass is 9.88. The summed E-state index contributed by atoms with van der Waals surface area (Å²) in [5.74, 6) is 0.307. The van der Waals surface area contributed by atoms with Crippen molar-refractivity contribution in [2.45, 2.75) is 32.2 Å². The van der Waals surface area contributed by atoms with Gasteiger partial charge in [-0.2, -0.15) is 0 Å². The van der Waals surface area contributed by atoms with Crippen molar-refractivity contribution in [3.63, 3.8) is 0 Å². The van der Waals surface area contributed by atoms with Crippen molar-refractivity contribution in [2.75, 3.05) is 26.2 Å². The van der Waals surface area contributed by atoms with Gasteiger partial charge >= 0.3 is 0 Å². The number of hydrogen-bond acceptors (Lipinski definition) is 2. The Kier molecular flexibility index (Phi) is 7.17. The van der Waals surface area contributed by atoms with E-state index in [2.05, 4.69) is 83.6 Å². The van der Waals surface area contributed by atoms with Crippen LogP contribution in [0.5, 0.6) is 0 Å². The number of para-hydroxylation sites is 1. The van der Waals surface area contributed by atoms with E-state index < -0.39 is 0 Å². The van der Waals surface area contributed by atoms with Gasteiger partial charge in [0, 0.05) is 63.2 Å². The first-order valence-corrected chi connectivity index (χ1v) is 12.8. The van der Waals surface area contributed by atoms with Crippen LogP contribution in [0.4, 0.5) is 0 Å². The van der Waals surface area contributed by atoms with Gasteiger partial charge in [0.1, 0.15) is 0 Å². The molecule has 1 unspecified atom stereocenters. The molecule has 1 aliphatic heterocycles. The summed E-state index contributed by atoms with van der Waals surface area (Å²) in [7, 11) is 0. The number of rotatable bonds is 7. The van der Waals surface area contributed by atoms with Crippen LogP contribution in [0.25, 0.3) is 10.9 Å². The van der Waals surface area contributed by atoms with Crippen molar-refractivity contribution in [2.24, 2.45) is 0 Å². The van der Waals surface area contributed by atoms with Gasteiger partial charge < -0.3 is 14.4 Å². The van der Waals surface area contributed by atoms with Crippen LogP contribution < -0.4 is 0 Å². The first kappa shape index (κ1) is 23.9. The highest BCUT2D eigenvalue weighted by atomic mass is 16.2. The molecule has 1 aliphatic rings. The summed E-state index contributed by atoms with van der Waals surface area (Å²) in [4.78, 5) is 29.0. The van der Waals surface area contributed by atoms with Gasteiger partial charge in [0.05, 0.1) is 0 Å². The minimum atomic E-state index is 0.0626. The summed E-state index contributed by atoms with van der Waals surface area (Å²) in [5.41, 5.74) is 4.90. The number of benzene rings is 3. The molecule has 3 aromatic carbocycles. The van der Waals surface area contributed by atoms with E-state index in [0.717, 1.165) is 13.0 Å². The van der Waals surface area contributed by atoms with Crippen LogP contribution in [0.1, 0.15) is 36.0 Å². The molecule has 1 aromatic heterocycles. The SMILES string of the molecule is CC(=O)N1CCN(C(=O)CC(Cc2ccccc2)c2cn(Cc3ccccc3)c3ccccc23)CC1. The predicted molar refractivity (Wildman–Crippen MR) is 144 cm³/mol. The lowest BCUT2D eigenvalue weighted by molar-refractivity contribution is -0.138. The van der Waals surface area contributed by atoms with Gasteiger partial charge in [-0.1, -0.05) is 78.9 Å². The van der Waals surface area contributed by atoms with Gasteiger partial charge in [-0.15, -0.1) is 0 Å². The van der Waals surface area contributed by atoms with E-state index in [0.29, 0.717) is 32.6 Å². The molecule has 0 saturated carbocycles. The number of piperazine rings is 1. The van der Waals surface area contributed by atoms with E-state index in [1.165, 1.54) is 27.6 Å². The molecular formula is C31H33N3O2. The molecule has 0 aliphatic carbocycles. The zero-order valence-electron chi connectivity index (χ0n) is 20.8. The second-order valence-corrected chi connectivity index (χ2v) is 9.69. The zero-order chi connectivity index (χ0) is 24.9. The van der Waals surface area contributed by atoms with Crippen molar-refractivity contribution in [3.05, 3.63) is 108 Å². The highest BCUT2D eigenvalue weighted by Crippen LogP contribution is 2.33. The summed E-state index contributed by atoms with van der Waals surface area (Å²) in [6.07, 6.45) is 3.51. The Hall–Kier alpha value is -3.86. The monoisotopic (exact) mass is 479 g/mol. The second-order valence-electron chi connectivity index (χ2n) is 9.69. The summed E-state index contributed by atoms with van der Waals surface area (Å²) in [5, 5.41) is 1.21. The molecule has 1 saturated heterocycles. The molecule has 0 radical (unpaired) electrons. The van der Waals surface area contributed by atoms with E-state index >= 15 is 0 Å². The molecule has 4 aromatic rings. The maximum absolute atomic E-state index is 13.5. The molecule has 2 heterocycles. The third kappa shape index (κ3) is 5.35. The Morgan fingerprint density at radius 1 is 0.750 bits per heavy atom. The summed E-state index contributed by atoms with van der Waals surface area (Å²) in [6.45, 7) is 4.82. The number of hydrogen-bond donors (Lipinski definition) is 0. The van der Waals surface area contributed by atoms with Crippen LogP contribution >= 0.6 is 0 Å². The maximum Gasteiger partial charge on any atom is 0.223 e. The highest BCUT2D eigenvalue weighted by molar-refractivity contribution is 5.86. The van der Waals surface area contributed by atoms with Gasteiger partial charge in [-0.3, -0.25) is 9.59 Å². The van der Waals surface area contributed by atoms with Gasteiger partial charge in [0.2, 0.25) is 11.8 Å². The summed E-state index contributed by atoms with van der Waals surface area (Å²) < 4.78 is 2.31. The summed E-state index contributed by atoms with van der Waals surface area (Å²) >= 11 is 0. The fourth-order valence-electron chi connectivity index (χ4n) is 5.31. The van der Waals surface area contributed by atoms with E-state index in [-0.39, 0.29) is 17.7 Å². The second kappa shape index (κ2) is 10.8. The number of amides is 2. The maximum atomic E-state index is 13.5. The molecule has 5 nitrogen and oxygen atoms in total. The largest absolute Gasteiger partial charge is 0.343 e. The Morgan fingerprint density at radius 3 is 2.00 bits per heavy atom. The van der Waals surface area contributed by atoms with Crippen LogP contribution in [0.15, 0.2) is 91.1 Å². The third-order valence-electron chi connectivity index (χ3n) is 7.28. The highest BCUT2D eigenvalue weighted by Gasteiger charge is 2.27. The minimum absolute atomic E-state index is 0.0626. The minimum Gasteiger partial charge on any atom is -0.343 e. The molecule has 36 heavy (non-hydrogen) atoms. The van der Waals surface area contributed by atoms with Crippen LogP contribution in [-0.4, -0.2) is 52.4 Å². The molecule has 1 fully saturated rings. The predicted octanol–water partition coefficient (Wildman–Crippen LogP) is 5.10. The average Bonchev–Trinajstić information content (AvgIpc) is 3.28. The van der Waals surface area contributed by atoms with Crippen molar-refractivity contribution < 1.29 is 9.59 Å². The van der Waals surface area contributed by atoms with E-state index in [1.54, 1.807) is 6.92 Å². The van der Waals surface area contributed by atoms with Gasteiger partial charge in [-0.25, -0.2) is 0 Å². The average molecular weight is 480 g/mol. The lowest BCUT2D eigenvalue weighted by Gasteiger charge is -2.35. The summed E-state index contributed by atoms with van der Waals surface area (Å²) in [6, 6.07) is 29.5. The van der Waals surface area contributed by atoms with Crippen molar-refractivity contribution in [1.82, 2.24) is 14.4 Å². The van der Waals surface area contributed by atoms with Crippen molar-refractivity contribution in [1.29, 1.82) is 0 Å². The number of aromatic nitrogens is 1. The quantitative estimate of drug-likeness (QED) is 0.370. The fourth-order valence-corrected chi connectivity index (χ4v) is 5.31.